The lowest BCUT2D eigenvalue weighted by Crippen LogP contribution is -2.64. The van der Waals surface area contributed by atoms with Gasteiger partial charge in [-0.25, -0.2) is 12.8 Å². The topological polar surface area (TPSA) is 83.6 Å². The predicted octanol–water partition coefficient (Wildman–Crippen LogP) is 0.553. The lowest BCUT2D eigenvalue weighted by Gasteiger charge is -2.45. The highest BCUT2D eigenvalue weighted by Gasteiger charge is 2.55. The monoisotopic (exact) mass is 286 g/mol. The highest BCUT2D eigenvalue weighted by atomic mass is 32.2. The van der Waals surface area contributed by atoms with Crippen molar-refractivity contribution < 1.29 is 17.9 Å². The van der Waals surface area contributed by atoms with E-state index < -0.39 is 21.4 Å². The minimum Gasteiger partial charge on any atom is -0.395 e. The van der Waals surface area contributed by atoms with E-state index in [9.17, 15) is 17.9 Å². The van der Waals surface area contributed by atoms with Crippen molar-refractivity contribution >= 4 is 15.7 Å². The number of halogens is 1. The zero-order valence-electron chi connectivity index (χ0n) is 10.2. The van der Waals surface area contributed by atoms with Crippen LogP contribution in [-0.4, -0.2) is 36.5 Å². The average Bonchev–Trinajstić information content (AvgIpc) is 3.12. The quantitative estimate of drug-likeness (QED) is 0.795. The Balaban J connectivity index is 1.86. The summed E-state index contributed by atoms with van der Waals surface area (Å²) in [5.41, 5.74) is 4.20. The van der Waals surface area contributed by atoms with Gasteiger partial charge in [0.25, 0.3) is 0 Å². The molecule has 3 N–H and O–H groups in total. The summed E-state index contributed by atoms with van der Waals surface area (Å²) in [5, 5.41) is 10.1. The Kier molecular flexibility index (Phi) is 2.64. The standard InChI is InChI=1S/C12H15FN2O3S/c13-9-2-1-3-10(11(9)14)19(17,18)15-6-12(16,7-15)8-4-5-8/h1-3,8,16H,4-7,14H2. The zero-order valence-corrected chi connectivity index (χ0v) is 11.0. The number of nitrogens with zero attached hydrogens (tertiary/aromatic N) is 1. The van der Waals surface area contributed by atoms with Crippen molar-refractivity contribution in [1.29, 1.82) is 0 Å². The number of β-amino-alcohol motifs (C(OH)–C–C–N with tert-alkyl or cyclic N) is 1. The third-order valence-electron chi connectivity index (χ3n) is 3.87. The van der Waals surface area contributed by atoms with Crippen LogP contribution in [0.2, 0.25) is 0 Å². The molecule has 0 radical (unpaired) electrons. The molecule has 1 saturated heterocycles. The molecule has 1 aromatic carbocycles. The highest BCUT2D eigenvalue weighted by Crippen LogP contribution is 2.46. The molecule has 2 aliphatic rings. The summed E-state index contributed by atoms with van der Waals surface area (Å²) in [6.07, 6.45) is 1.87. The van der Waals surface area contributed by atoms with Gasteiger partial charge in [0.2, 0.25) is 10.0 Å². The van der Waals surface area contributed by atoms with E-state index >= 15 is 0 Å². The molecule has 1 heterocycles. The molecule has 1 saturated carbocycles. The molecule has 19 heavy (non-hydrogen) atoms. The molecule has 0 bridgehead atoms. The fraction of sp³-hybridized carbons (Fsp3) is 0.500. The van der Waals surface area contributed by atoms with E-state index in [1.54, 1.807) is 0 Å². The number of nitrogen functional groups attached to an aromatic ring is 1. The molecule has 1 aliphatic heterocycles. The van der Waals surface area contributed by atoms with Gasteiger partial charge in [-0.2, -0.15) is 4.31 Å². The molecule has 1 aromatic rings. The van der Waals surface area contributed by atoms with Crippen molar-refractivity contribution in [2.45, 2.75) is 23.3 Å². The minimum atomic E-state index is -3.82. The second-order valence-corrected chi connectivity index (χ2v) is 7.21. The third kappa shape index (κ3) is 1.92. The van der Waals surface area contributed by atoms with Crippen molar-refractivity contribution in [2.24, 2.45) is 5.92 Å². The zero-order chi connectivity index (χ0) is 13.8. The van der Waals surface area contributed by atoms with E-state index in [2.05, 4.69) is 0 Å². The average molecular weight is 286 g/mol. The summed E-state index contributed by atoms with van der Waals surface area (Å²) in [6, 6.07) is 3.71. The number of rotatable bonds is 3. The first kappa shape index (κ1) is 12.8. The first-order valence-corrected chi connectivity index (χ1v) is 7.55. The van der Waals surface area contributed by atoms with E-state index in [1.165, 1.54) is 12.1 Å². The maximum absolute atomic E-state index is 13.3. The summed E-state index contributed by atoms with van der Waals surface area (Å²) in [4.78, 5) is -0.231. The van der Waals surface area contributed by atoms with E-state index in [4.69, 9.17) is 5.73 Å². The molecule has 0 atom stereocenters. The lowest BCUT2D eigenvalue weighted by molar-refractivity contribution is -0.0764. The van der Waals surface area contributed by atoms with Gasteiger partial charge in [-0.3, -0.25) is 0 Å². The summed E-state index contributed by atoms with van der Waals surface area (Å²) >= 11 is 0. The number of para-hydroxylation sites is 1. The molecule has 5 nitrogen and oxygen atoms in total. The summed E-state index contributed by atoms with van der Waals surface area (Å²) < 4.78 is 39.0. The normalized spacial score (nSPS) is 23.1. The summed E-state index contributed by atoms with van der Waals surface area (Å²) in [6.45, 7) is 0.131. The van der Waals surface area contributed by atoms with Crippen molar-refractivity contribution in [3.8, 4) is 0 Å². The second kappa shape index (κ2) is 3.91. The number of nitrogens with two attached hydrogens (primary N) is 1. The van der Waals surface area contributed by atoms with Crippen LogP contribution in [0, 0.1) is 11.7 Å². The van der Waals surface area contributed by atoms with Crippen LogP contribution in [0.15, 0.2) is 23.1 Å². The second-order valence-electron chi connectivity index (χ2n) is 5.30. The molecule has 0 unspecified atom stereocenters. The first-order valence-electron chi connectivity index (χ1n) is 6.11. The van der Waals surface area contributed by atoms with Crippen LogP contribution in [-0.2, 0) is 10.0 Å². The van der Waals surface area contributed by atoms with Gasteiger partial charge in [0.1, 0.15) is 10.7 Å². The van der Waals surface area contributed by atoms with E-state index in [0.29, 0.717) is 0 Å². The van der Waals surface area contributed by atoms with Crippen LogP contribution in [0.25, 0.3) is 0 Å². The third-order valence-corrected chi connectivity index (χ3v) is 5.72. The number of aliphatic hydroxyl groups is 1. The molecule has 0 amide bonds. The van der Waals surface area contributed by atoms with Gasteiger partial charge < -0.3 is 10.8 Å². The van der Waals surface area contributed by atoms with Crippen LogP contribution < -0.4 is 5.73 Å². The smallest absolute Gasteiger partial charge is 0.245 e. The van der Waals surface area contributed by atoms with Gasteiger partial charge in [0.15, 0.2) is 0 Å². The van der Waals surface area contributed by atoms with Crippen molar-refractivity contribution in [3.63, 3.8) is 0 Å². The largest absolute Gasteiger partial charge is 0.395 e. The number of sulfonamides is 1. The fourth-order valence-corrected chi connectivity index (χ4v) is 4.19. The van der Waals surface area contributed by atoms with Crippen molar-refractivity contribution in [1.82, 2.24) is 4.31 Å². The fourth-order valence-electron chi connectivity index (χ4n) is 2.49. The molecule has 2 fully saturated rings. The van der Waals surface area contributed by atoms with Crippen LogP contribution in [0.3, 0.4) is 0 Å². The Hall–Kier alpha value is -1.18. The number of hydrogen-bond acceptors (Lipinski definition) is 4. The SMILES string of the molecule is Nc1c(F)cccc1S(=O)(=O)N1CC(O)(C2CC2)C1. The Labute approximate surface area is 110 Å². The molecule has 0 aromatic heterocycles. The Morgan fingerprint density at radius 1 is 1.37 bits per heavy atom. The Morgan fingerprint density at radius 3 is 2.58 bits per heavy atom. The predicted molar refractivity (Wildman–Crippen MR) is 67.2 cm³/mol. The number of benzene rings is 1. The van der Waals surface area contributed by atoms with Gasteiger partial charge in [-0.05, 0) is 30.9 Å². The molecule has 104 valence electrons. The summed E-state index contributed by atoms with van der Waals surface area (Å²) in [5.74, 6) is -0.553. The van der Waals surface area contributed by atoms with Gasteiger partial charge >= 0.3 is 0 Å². The maximum atomic E-state index is 13.3. The van der Waals surface area contributed by atoms with Crippen LogP contribution in [0.5, 0.6) is 0 Å². The van der Waals surface area contributed by atoms with E-state index in [1.807, 2.05) is 0 Å². The van der Waals surface area contributed by atoms with Crippen LogP contribution in [0.1, 0.15) is 12.8 Å². The van der Waals surface area contributed by atoms with E-state index in [-0.39, 0.29) is 29.6 Å². The minimum absolute atomic E-state index is 0.0654. The van der Waals surface area contributed by atoms with Gasteiger partial charge in [-0.1, -0.05) is 6.07 Å². The van der Waals surface area contributed by atoms with Gasteiger partial charge in [-0.15, -0.1) is 0 Å². The Bertz CT molecular complexity index is 622. The van der Waals surface area contributed by atoms with E-state index in [0.717, 1.165) is 23.2 Å². The number of anilines is 1. The first-order chi connectivity index (χ1) is 8.84. The molecule has 1 aliphatic carbocycles. The molecule has 0 spiro atoms. The van der Waals surface area contributed by atoms with Crippen molar-refractivity contribution in [2.75, 3.05) is 18.8 Å². The highest BCUT2D eigenvalue weighted by molar-refractivity contribution is 7.89. The molecular weight excluding hydrogens is 271 g/mol. The van der Waals surface area contributed by atoms with Crippen molar-refractivity contribution in [3.05, 3.63) is 24.0 Å². The molecular formula is C12H15FN2O3S. The molecule has 3 rings (SSSR count). The van der Waals surface area contributed by atoms with Gasteiger partial charge in [0, 0.05) is 13.1 Å². The van der Waals surface area contributed by atoms with Crippen LogP contribution >= 0.6 is 0 Å². The molecule has 7 heteroatoms. The van der Waals surface area contributed by atoms with Gasteiger partial charge in [0.05, 0.1) is 11.3 Å². The maximum Gasteiger partial charge on any atom is 0.245 e. The Morgan fingerprint density at radius 2 is 2.00 bits per heavy atom. The van der Waals surface area contributed by atoms with Crippen LogP contribution in [0.4, 0.5) is 10.1 Å². The number of hydrogen-bond donors (Lipinski definition) is 2. The summed E-state index contributed by atoms with van der Waals surface area (Å²) in [7, 11) is -3.82. The lowest BCUT2D eigenvalue weighted by atomic mass is 9.91.